The number of nitrogens with one attached hydrogen (secondary N) is 1. The number of benzene rings is 2. The monoisotopic (exact) mass is 449 g/mol. The van der Waals surface area contributed by atoms with Gasteiger partial charge in [0.1, 0.15) is 12.4 Å². The van der Waals surface area contributed by atoms with Gasteiger partial charge < -0.3 is 15.0 Å². The molecule has 0 saturated heterocycles. The lowest BCUT2D eigenvalue weighted by Crippen LogP contribution is -2.30. The van der Waals surface area contributed by atoms with E-state index in [0.29, 0.717) is 30.9 Å². The number of hydrogen-bond acceptors (Lipinski definition) is 5. The summed E-state index contributed by atoms with van der Waals surface area (Å²) < 4.78 is 5.73. The highest BCUT2D eigenvalue weighted by molar-refractivity contribution is 7.09. The molecule has 7 heteroatoms. The Labute approximate surface area is 192 Å². The molecule has 0 aliphatic heterocycles. The average Bonchev–Trinajstić information content (AvgIpc) is 3.23. The van der Waals surface area contributed by atoms with Gasteiger partial charge >= 0.3 is 0 Å². The molecule has 0 atom stereocenters. The van der Waals surface area contributed by atoms with Gasteiger partial charge in [-0.2, -0.15) is 0 Å². The Bertz CT molecular complexity index is 1070. The zero-order chi connectivity index (χ0) is 22.9. The number of aromatic nitrogens is 1. The fraction of sp³-hybridized carbons (Fsp3) is 0.240. The van der Waals surface area contributed by atoms with Crippen molar-refractivity contribution >= 4 is 34.9 Å². The maximum Gasteiger partial charge on any atom is 0.253 e. The van der Waals surface area contributed by atoms with E-state index in [9.17, 15) is 9.59 Å². The molecule has 0 aliphatic carbocycles. The number of amides is 2. The molecule has 1 aromatic heterocycles. The third-order valence-corrected chi connectivity index (χ3v) is 5.63. The van der Waals surface area contributed by atoms with Crippen molar-refractivity contribution in [3.05, 3.63) is 81.8 Å². The van der Waals surface area contributed by atoms with Gasteiger partial charge in [-0.1, -0.05) is 12.1 Å². The predicted octanol–water partition coefficient (Wildman–Crippen LogP) is 5.16. The topological polar surface area (TPSA) is 71.5 Å². The molecule has 166 valence electrons. The molecule has 6 nitrogen and oxygen atoms in total. The summed E-state index contributed by atoms with van der Waals surface area (Å²) in [5, 5.41) is 5.81. The summed E-state index contributed by atoms with van der Waals surface area (Å²) in [5.41, 5.74) is 3.04. The van der Waals surface area contributed by atoms with Gasteiger partial charge in [-0.15, -0.1) is 11.3 Å². The van der Waals surface area contributed by atoms with Crippen LogP contribution in [0.25, 0.3) is 6.08 Å². The van der Waals surface area contributed by atoms with Gasteiger partial charge in [0.2, 0.25) is 5.91 Å². The summed E-state index contributed by atoms with van der Waals surface area (Å²) >= 11 is 1.60. The first-order valence-corrected chi connectivity index (χ1v) is 11.4. The third kappa shape index (κ3) is 6.52. The van der Waals surface area contributed by atoms with Crippen molar-refractivity contribution in [2.24, 2.45) is 0 Å². The van der Waals surface area contributed by atoms with Crippen LogP contribution < -0.4 is 10.1 Å². The fourth-order valence-corrected chi connectivity index (χ4v) is 3.65. The number of nitrogens with zero attached hydrogens (tertiary/aromatic N) is 2. The highest BCUT2D eigenvalue weighted by atomic mass is 32.1. The minimum absolute atomic E-state index is 0.0121. The van der Waals surface area contributed by atoms with Crippen molar-refractivity contribution in [2.45, 2.75) is 27.4 Å². The van der Waals surface area contributed by atoms with Crippen LogP contribution in [-0.4, -0.2) is 34.8 Å². The lowest BCUT2D eigenvalue weighted by Gasteiger charge is -2.18. The van der Waals surface area contributed by atoms with Gasteiger partial charge in [-0.25, -0.2) is 4.98 Å². The fourth-order valence-electron chi connectivity index (χ4n) is 3.05. The number of aryl methyl sites for hydroxylation is 1. The Balaban J connectivity index is 1.51. The van der Waals surface area contributed by atoms with Gasteiger partial charge in [0.05, 0.1) is 10.7 Å². The van der Waals surface area contributed by atoms with Crippen molar-refractivity contribution in [3.63, 3.8) is 0 Å². The number of rotatable bonds is 9. The molecule has 0 fully saturated rings. The highest BCUT2D eigenvalue weighted by Gasteiger charge is 2.12. The van der Waals surface area contributed by atoms with Gasteiger partial charge in [0.25, 0.3) is 5.91 Å². The van der Waals surface area contributed by atoms with Crippen molar-refractivity contribution < 1.29 is 14.3 Å². The van der Waals surface area contributed by atoms with E-state index in [2.05, 4.69) is 10.3 Å². The van der Waals surface area contributed by atoms with Crippen LogP contribution in [0.4, 0.5) is 5.69 Å². The smallest absolute Gasteiger partial charge is 0.253 e. The second kappa shape index (κ2) is 11.2. The zero-order valence-corrected chi connectivity index (χ0v) is 19.3. The van der Waals surface area contributed by atoms with Crippen molar-refractivity contribution in [1.29, 1.82) is 0 Å². The van der Waals surface area contributed by atoms with Crippen LogP contribution in [0.5, 0.6) is 5.75 Å². The summed E-state index contributed by atoms with van der Waals surface area (Å²) in [6.45, 7) is 7.63. The van der Waals surface area contributed by atoms with Gasteiger partial charge in [-0.3, -0.25) is 9.59 Å². The number of hydrogen-bond donors (Lipinski definition) is 1. The third-order valence-electron chi connectivity index (χ3n) is 4.81. The molecule has 1 heterocycles. The molecule has 32 heavy (non-hydrogen) atoms. The number of carbonyl (C=O) groups is 2. The Morgan fingerprint density at radius 3 is 2.34 bits per heavy atom. The first-order chi connectivity index (χ1) is 15.5. The number of anilines is 1. The van der Waals surface area contributed by atoms with Gasteiger partial charge in [0, 0.05) is 35.8 Å². The van der Waals surface area contributed by atoms with Crippen LogP contribution in [0.1, 0.15) is 40.5 Å². The summed E-state index contributed by atoms with van der Waals surface area (Å²) in [6, 6.07) is 14.4. The van der Waals surface area contributed by atoms with E-state index in [0.717, 1.165) is 22.0 Å². The van der Waals surface area contributed by atoms with E-state index in [4.69, 9.17) is 4.74 Å². The van der Waals surface area contributed by atoms with E-state index in [1.165, 1.54) is 6.08 Å². The van der Waals surface area contributed by atoms with E-state index in [1.807, 2.05) is 50.4 Å². The second-order valence-corrected chi connectivity index (χ2v) is 8.16. The molecular formula is C25H27N3O3S. The standard InChI is InChI=1S/C25H27N3O3S/c1-4-28(5-2)25(30)20-9-11-21(12-10-20)27-24(29)15-8-19-6-13-23(14-7-19)31-16-22-17-32-18(3)26-22/h6-15,17H,4-5,16H2,1-3H3,(H,27,29)/b15-8+. The van der Waals surface area contributed by atoms with Crippen molar-refractivity contribution in [3.8, 4) is 5.75 Å². The quantitative estimate of drug-likeness (QED) is 0.458. The minimum Gasteiger partial charge on any atom is -0.487 e. The number of ether oxygens (including phenoxy) is 1. The normalized spacial score (nSPS) is 10.8. The summed E-state index contributed by atoms with van der Waals surface area (Å²) in [4.78, 5) is 30.7. The van der Waals surface area contributed by atoms with Crippen LogP contribution in [0.2, 0.25) is 0 Å². The summed E-state index contributed by atoms with van der Waals surface area (Å²) in [6.07, 6.45) is 3.21. The summed E-state index contributed by atoms with van der Waals surface area (Å²) in [7, 11) is 0. The van der Waals surface area contributed by atoms with Crippen LogP contribution in [0.3, 0.4) is 0 Å². The molecule has 0 saturated carbocycles. The Morgan fingerprint density at radius 2 is 1.75 bits per heavy atom. The molecule has 3 aromatic rings. The van der Waals surface area contributed by atoms with Gasteiger partial charge in [-0.05, 0) is 68.8 Å². The van der Waals surface area contributed by atoms with Crippen LogP contribution in [0.15, 0.2) is 60.0 Å². The van der Waals surface area contributed by atoms with E-state index < -0.39 is 0 Å². The van der Waals surface area contributed by atoms with Gasteiger partial charge in [0.15, 0.2) is 0 Å². The first-order valence-electron chi connectivity index (χ1n) is 10.5. The van der Waals surface area contributed by atoms with Crippen molar-refractivity contribution in [2.75, 3.05) is 18.4 Å². The Kier molecular flexibility index (Phi) is 8.16. The second-order valence-electron chi connectivity index (χ2n) is 7.09. The van der Waals surface area contributed by atoms with Crippen molar-refractivity contribution in [1.82, 2.24) is 9.88 Å². The Morgan fingerprint density at radius 1 is 1.06 bits per heavy atom. The maximum atomic E-state index is 12.4. The molecule has 2 aromatic carbocycles. The van der Waals surface area contributed by atoms with Crippen LogP contribution in [0, 0.1) is 6.92 Å². The van der Waals surface area contributed by atoms with E-state index in [-0.39, 0.29) is 11.8 Å². The van der Waals surface area contributed by atoms with Crippen LogP contribution in [-0.2, 0) is 11.4 Å². The molecule has 0 radical (unpaired) electrons. The summed E-state index contributed by atoms with van der Waals surface area (Å²) in [5.74, 6) is 0.491. The lowest BCUT2D eigenvalue weighted by atomic mass is 10.1. The SMILES string of the molecule is CCN(CC)C(=O)c1ccc(NC(=O)/C=C/c2ccc(OCc3csc(C)n3)cc2)cc1. The number of carbonyl (C=O) groups excluding carboxylic acids is 2. The average molecular weight is 450 g/mol. The van der Waals surface area contributed by atoms with E-state index >= 15 is 0 Å². The minimum atomic E-state index is -0.243. The Hall–Kier alpha value is -3.45. The molecule has 0 spiro atoms. The maximum absolute atomic E-state index is 12.4. The number of thiazole rings is 1. The molecule has 1 N–H and O–H groups in total. The molecule has 2 amide bonds. The largest absolute Gasteiger partial charge is 0.487 e. The van der Waals surface area contributed by atoms with Crippen LogP contribution >= 0.6 is 11.3 Å². The first kappa shape index (κ1) is 23.2. The molecule has 0 unspecified atom stereocenters. The lowest BCUT2D eigenvalue weighted by molar-refractivity contribution is -0.111. The van der Waals surface area contributed by atoms with E-state index in [1.54, 1.807) is 46.6 Å². The highest BCUT2D eigenvalue weighted by Crippen LogP contribution is 2.17. The molecule has 0 aliphatic rings. The predicted molar refractivity (Wildman–Crippen MR) is 129 cm³/mol. The zero-order valence-electron chi connectivity index (χ0n) is 18.5. The molecular weight excluding hydrogens is 422 g/mol. The molecule has 0 bridgehead atoms. The molecule has 3 rings (SSSR count).